The lowest BCUT2D eigenvalue weighted by Gasteiger charge is -2.24. The van der Waals surface area contributed by atoms with Gasteiger partial charge >= 0.3 is 5.97 Å². The number of fused-ring (bicyclic) bond motifs is 1. The van der Waals surface area contributed by atoms with E-state index in [1.165, 1.54) is 11.8 Å². The second-order valence-electron chi connectivity index (χ2n) is 8.05. The van der Waals surface area contributed by atoms with Crippen LogP contribution in [-0.2, 0) is 9.53 Å². The van der Waals surface area contributed by atoms with Crippen LogP contribution < -0.4 is 10.1 Å². The van der Waals surface area contributed by atoms with E-state index in [-0.39, 0.29) is 24.2 Å². The smallest absolute Gasteiger partial charge is 0.337 e. The maximum Gasteiger partial charge on any atom is 0.337 e. The highest BCUT2D eigenvalue weighted by Gasteiger charge is 2.33. The first-order valence-corrected chi connectivity index (χ1v) is 10.9. The monoisotopic (exact) mass is 470 g/mol. The van der Waals surface area contributed by atoms with Gasteiger partial charge in [-0.2, -0.15) is 14.9 Å². The quantitative estimate of drug-likeness (QED) is 0.441. The van der Waals surface area contributed by atoms with Crippen molar-refractivity contribution in [2.75, 3.05) is 19.5 Å². The maximum atomic E-state index is 12.7. The Hall–Kier alpha value is -4.60. The van der Waals surface area contributed by atoms with Crippen molar-refractivity contribution in [2.24, 2.45) is 0 Å². The summed E-state index contributed by atoms with van der Waals surface area (Å²) in [6, 6.07) is 14.5. The average Bonchev–Trinajstić information content (AvgIpc) is 3.24. The molecular weight excluding hydrogens is 448 g/mol. The average molecular weight is 470 g/mol. The zero-order chi connectivity index (χ0) is 24.5. The van der Waals surface area contributed by atoms with E-state index >= 15 is 0 Å². The number of hydrogen-bond donors (Lipinski definition) is 1. The SMILES string of the molecule is COC(=O)c1ccc([C@@H]2CC(=O)Nc3c2c(C)nn3-c2nncc(-c3ccc(OC)cc3)n2)cc1. The minimum absolute atomic E-state index is 0.153. The molecule has 1 aliphatic heterocycles. The summed E-state index contributed by atoms with van der Waals surface area (Å²) >= 11 is 0. The zero-order valence-electron chi connectivity index (χ0n) is 19.3. The number of methoxy groups -OCH3 is 2. The largest absolute Gasteiger partial charge is 0.497 e. The predicted octanol–water partition coefficient (Wildman–Crippen LogP) is 3.30. The number of aryl methyl sites for hydroxylation is 1. The molecule has 1 aliphatic rings. The minimum atomic E-state index is -0.413. The number of benzene rings is 2. The van der Waals surface area contributed by atoms with Crippen molar-refractivity contribution in [3.63, 3.8) is 0 Å². The lowest BCUT2D eigenvalue weighted by molar-refractivity contribution is -0.116. The van der Waals surface area contributed by atoms with E-state index < -0.39 is 5.97 Å². The molecule has 0 saturated carbocycles. The molecule has 3 heterocycles. The Morgan fingerprint density at radius 1 is 1.09 bits per heavy atom. The van der Waals surface area contributed by atoms with E-state index in [9.17, 15) is 9.59 Å². The van der Waals surface area contributed by atoms with Gasteiger partial charge in [-0.05, 0) is 48.9 Å². The normalized spacial score (nSPS) is 14.7. The molecule has 0 aliphatic carbocycles. The highest BCUT2D eigenvalue weighted by molar-refractivity contribution is 5.95. The summed E-state index contributed by atoms with van der Waals surface area (Å²) in [5.41, 5.74) is 4.39. The van der Waals surface area contributed by atoms with Crippen molar-refractivity contribution in [3.8, 4) is 23.0 Å². The van der Waals surface area contributed by atoms with Crippen LogP contribution >= 0.6 is 0 Å². The topological polar surface area (TPSA) is 121 Å². The van der Waals surface area contributed by atoms with Crippen LogP contribution in [0.5, 0.6) is 5.75 Å². The van der Waals surface area contributed by atoms with Crippen LogP contribution in [-0.4, -0.2) is 51.1 Å². The van der Waals surface area contributed by atoms with Crippen LogP contribution in [0.1, 0.15) is 39.5 Å². The Bertz CT molecular complexity index is 1410. The van der Waals surface area contributed by atoms with E-state index in [1.807, 2.05) is 43.3 Å². The number of esters is 1. The second kappa shape index (κ2) is 8.98. The summed E-state index contributed by atoms with van der Waals surface area (Å²) in [7, 11) is 2.95. The Morgan fingerprint density at radius 3 is 2.51 bits per heavy atom. The molecule has 1 amide bonds. The lowest BCUT2D eigenvalue weighted by atomic mass is 9.85. The van der Waals surface area contributed by atoms with Gasteiger partial charge in [0.1, 0.15) is 11.6 Å². The van der Waals surface area contributed by atoms with Gasteiger partial charge in [0, 0.05) is 23.5 Å². The molecular formula is C25H22N6O4. The lowest BCUT2D eigenvalue weighted by Crippen LogP contribution is -2.25. The van der Waals surface area contributed by atoms with Gasteiger partial charge in [0.25, 0.3) is 5.95 Å². The minimum Gasteiger partial charge on any atom is -0.497 e. The first-order valence-electron chi connectivity index (χ1n) is 10.9. The molecule has 10 nitrogen and oxygen atoms in total. The molecule has 0 radical (unpaired) electrons. The van der Waals surface area contributed by atoms with Gasteiger partial charge < -0.3 is 14.8 Å². The third kappa shape index (κ3) is 4.10. The molecule has 5 rings (SSSR count). The number of hydrogen-bond acceptors (Lipinski definition) is 8. The number of nitrogens with one attached hydrogen (secondary N) is 1. The molecule has 0 unspecified atom stereocenters. The second-order valence-corrected chi connectivity index (χ2v) is 8.05. The summed E-state index contributed by atoms with van der Waals surface area (Å²) in [6.45, 7) is 1.88. The van der Waals surface area contributed by atoms with Gasteiger partial charge in [-0.3, -0.25) is 4.79 Å². The van der Waals surface area contributed by atoms with Crippen molar-refractivity contribution in [3.05, 3.63) is 77.1 Å². The predicted molar refractivity (Wildman–Crippen MR) is 127 cm³/mol. The fourth-order valence-electron chi connectivity index (χ4n) is 4.23. The van der Waals surface area contributed by atoms with Crippen LogP contribution in [0.2, 0.25) is 0 Å². The van der Waals surface area contributed by atoms with Crippen molar-refractivity contribution < 1.29 is 19.1 Å². The number of nitrogens with zero attached hydrogens (tertiary/aromatic N) is 5. The Labute approximate surface area is 200 Å². The Morgan fingerprint density at radius 2 is 1.83 bits per heavy atom. The van der Waals surface area contributed by atoms with Gasteiger partial charge in [0.05, 0.1) is 37.4 Å². The number of rotatable bonds is 5. The first kappa shape index (κ1) is 22.2. The van der Waals surface area contributed by atoms with E-state index in [1.54, 1.807) is 25.4 Å². The van der Waals surface area contributed by atoms with Crippen LogP contribution in [0.25, 0.3) is 17.2 Å². The maximum absolute atomic E-state index is 12.7. The Kier molecular flexibility index (Phi) is 5.69. The highest BCUT2D eigenvalue weighted by Crippen LogP contribution is 2.40. The molecule has 10 heteroatoms. The summed E-state index contributed by atoms with van der Waals surface area (Å²) in [6.07, 6.45) is 1.82. The van der Waals surface area contributed by atoms with Gasteiger partial charge in [0.15, 0.2) is 0 Å². The van der Waals surface area contributed by atoms with Gasteiger partial charge in [0.2, 0.25) is 5.91 Å². The standard InChI is InChI=1S/C25H22N6O4/c1-14-22-19(15-4-6-17(7-5-15)24(33)35-3)12-21(32)28-23(22)31(30-14)25-27-20(13-26-29-25)16-8-10-18(34-2)11-9-16/h4-11,13,19H,12H2,1-3H3,(H,28,32)/t19-/m0/s1. The zero-order valence-corrected chi connectivity index (χ0v) is 19.3. The number of carbonyl (C=O) groups is 2. The van der Waals surface area contributed by atoms with Crippen molar-refractivity contribution >= 4 is 17.7 Å². The van der Waals surface area contributed by atoms with Crippen molar-refractivity contribution in [1.82, 2.24) is 25.0 Å². The molecule has 0 fully saturated rings. The molecule has 1 atom stereocenters. The summed E-state index contributed by atoms with van der Waals surface area (Å²) < 4.78 is 11.5. The fraction of sp³-hybridized carbons (Fsp3) is 0.200. The van der Waals surface area contributed by atoms with Crippen molar-refractivity contribution in [2.45, 2.75) is 19.3 Å². The van der Waals surface area contributed by atoms with Crippen LogP contribution in [0.4, 0.5) is 5.82 Å². The van der Waals surface area contributed by atoms with E-state index in [0.29, 0.717) is 17.1 Å². The van der Waals surface area contributed by atoms with Gasteiger partial charge in [-0.25, -0.2) is 9.78 Å². The number of amides is 1. The number of anilines is 1. The fourth-order valence-corrected chi connectivity index (χ4v) is 4.23. The summed E-state index contributed by atoms with van der Waals surface area (Å²) in [4.78, 5) is 29.1. The summed E-state index contributed by atoms with van der Waals surface area (Å²) in [5, 5.41) is 15.8. The van der Waals surface area contributed by atoms with E-state index in [2.05, 4.69) is 25.6 Å². The molecule has 0 saturated heterocycles. The molecule has 1 N–H and O–H groups in total. The molecule has 0 spiro atoms. The molecule has 2 aromatic heterocycles. The highest BCUT2D eigenvalue weighted by atomic mass is 16.5. The third-order valence-electron chi connectivity index (χ3n) is 5.96. The van der Waals surface area contributed by atoms with Crippen molar-refractivity contribution in [1.29, 1.82) is 0 Å². The van der Waals surface area contributed by atoms with E-state index in [4.69, 9.17) is 9.47 Å². The van der Waals surface area contributed by atoms with Crippen LogP contribution in [0.15, 0.2) is 54.7 Å². The molecule has 0 bridgehead atoms. The molecule has 4 aromatic rings. The van der Waals surface area contributed by atoms with Gasteiger partial charge in [-0.1, -0.05) is 12.1 Å². The number of ether oxygens (including phenoxy) is 2. The van der Waals surface area contributed by atoms with Gasteiger partial charge in [-0.15, -0.1) is 5.10 Å². The number of aromatic nitrogens is 5. The molecule has 2 aromatic carbocycles. The molecule has 35 heavy (non-hydrogen) atoms. The third-order valence-corrected chi connectivity index (χ3v) is 5.96. The van der Waals surface area contributed by atoms with Crippen LogP contribution in [0.3, 0.4) is 0 Å². The molecule has 176 valence electrons. The van der Waals surface area contributed by atoms with E-state index in [0.717, 1.165) is 28.1 Å². The number of carbonyl (C=O) groups excluding carboxylic acids is 2. The first-order chi connectivity index (χ1) is 17.0. The van der Waals surface area contributed by atoms with Crippen LogP contribution in [0, 0.1) is 6.92 Å². The Balaban J connectivity index is 1.54. The summed E-state index contributed by atoms with van der Waals surface area (Å²) in [5.74, 6) is 0.682.